The van der Waals surface area contributed by atoms with Crippen LogP contribution in [0, 0.1) is 0 Å². The average molecular weight is 209 g/mol. The lowest BCUT2D eigenvalue weighted by molar-refractivity contribution is -0.137. The molecule has 1 amide bonds. The Kier molecular flexibility index (Phi) is 3.68. The third-order valence-corrected chi connectivity index (χ3v) is 1.78. The molecule has 3 N–H and O–H groups in total. The second-order valence-corrected chi connectivity index (χ2v) is 2.98. The van der Waals surface area contributed by atoms with Gasteiger partial charge in [-0.15, -0.1) is 0 Å². The lowest BCUT2D eigenvalue weighted by atomic mass is 10.1. The Morgan fingerprint density at radius 3 is 2.53 bits per heavy atom. The van der Waals surface area contributed by atoms with Gasteiger partial charge in [-0.3, -0.25) is 9.59 Å². The van der Waals surface area contributed by atoms with Crippen molar-refractivity contribution >= 4 is 11.9 Å². The predicted molar refractivity (Wildman–Crippen MR) is 52.5 cm³/mol. The number of para-hydroxylation sites is 1. The van der Waals surface area contributed by atoms with Crippen LogP contribution in [0.1, 0.15) is 5.56 Å². The van der Waals surface area contributed by atoms with E-state index in [9.17, 15) is 14.7 Å². The number of carboxylic acids is 1. The van der Waals surface area contributed by atoms with Crippen LogP contribution in [-0.4, -0.2) is 28.6 Å². The van der Waals surface area contributed by atoms with Gasteiger partial charge < -0.3 is 15.5 Å². The molecule has 1 aromatic carbocycles. The van der Waals surface area contributed by atoms with Gasteiger partial charge in [0, 0.05) is 5.56 Å². The van der Waals surface area contributed by atoms with Crippen molar-refractivity contribution in [1.82, 2.24) is 5.32 Å². The van der Waals surface area contributed by atoms with E-state index in [1.54, 1.807) is 18.2 Å². The number of rotatable bonds is 4. The van der Waals surface area contributed by atoms with Gasteiger partial charge in [-0.25, -0.2) is 0 Å². The number of carboxylic acid groups (broad SMARTS) is 1. The Morgan fingerprint density at radius 1 is 1.27 bits per heavy atom. The lowest BCUT2D eigenvalue weighted by Crippen LogP contribution is -2.30. The number of carbonyl (C=O) groups excluding carboxylic acids is 1. The number of hydrogen-bond donors (Lipinski definition) is 3. The summed E-state index contributed by atoms with van der Waals surface area (Å²) in [4.78, 5) is 21.3. The van der Waals surface area contributed by atoms with Crippen molar-refractivity contribution in [3.63, 3.8) is 0 Å². The molecule has 0 bridgehead atoms. The van der Waals surface area contributed by atoms with Gasteiger partial charge in [0.15, 0.2) is 0 Å². The summed E-state index contributed by atoms with van der Waals surface area (Å²) in [5.41, 5.74) is 0.473. The zero-order chi connectivity index (χ0) is 11.3. The lowest BCUT2D eigenvalue weighted by Gasteiger charge is -2.04. The molecule has 5 heteroatoms. The van der Waals surface area contributed by atoms with E-state index in [4.69, 9.17) is 5.11 Å². The maximum Gasteiger partial charge on any atom is 0.322 e. The molecule has 1 rings (SSSR count). The van der Waals surface area contributed by atoms with Crippen LogP contribution in [0.2, 0.25) is 0 Å². The van der Waals surface area contributed by atoms with Crippen LogP contribution in [-0.2, 0) is 16.0 Å². The third kappa shape index (κ3) is 3.68. The molecule has 5 nitrogen and oxygen atoms in total. The van der Waals surface area contributed by atoms with Crippen LogP contribution in [0.25, 0.3) is 0 Å². The third-order valence-electron chi connectivity index (χ3n) is 1.78. The number of nitrogens with one attached hydrogen (secondary N) is 1. The molecule has 0 spiro atoms. The second-order valence-electron chi connectivity index (χ2n) is 2.98. The van der Waals surface area contributed by atoms with Crippen LogP contribution in [0.4, 0.5) is 0 Å². The Bertz CT molecular complexity index is 375. The Labute approximate surface area is 86.4 Å². The fourth-order valence-corrected chi connectivity index (χ4v) is 1.07. The van der Waals surface area contributed by atoms with E-state index < -0.39 is 18.4 Å². The van der Waals surface area contributed by atoms with Gasteiger partial charge in [-0.1, -0.05) is 18.2 Å². The summed E-state index contributed by atoms with van der Waals surface area (Å²) in [6.07, 6.45) is -0.0278. The van der Waals surface area contributed by atoms with E-state index in [0.29, 0.717) is 5.56 Å². The molecule has 0 aliphatic carbocycles. The highest BCUT2D eigenvalue weighted by Crippen LogP contribution is 2.15. The number of benzene rings is 1. The number of carbonyl (C=O) groups is 2. The Morgan fingerprint density at radius 2 is 1.93 bits per heavy atom. The van der Waals surface area contributed by atoms with E-state index in [2.05, 4.69) is 5.32 Å². The van der Waals surface area contributed by atoms with Crippen molar-refractivity contribution in [2.45, 2.75) is 6.42 Å². The topological polar surface area (TPSA) is 86.6 Å². The van der Waals surface area contributed by atoms with Crippen LogP contribution in [0.15, 0.2) is 24.3 Å². The molecule has 0 saturated carbocycles. The van der Waals surface area contributed by atoms with Gasteiger partial charge in [-0.2, -0.15) is 0 Å². The standard InChI is InChI=1S/C10H11NO4/c12-8-4-2-1-3-7(8)5-9(13)11-6-10(14)15/h1-4,12H,5-6H2,(H,11,13)(H,14,15). The number of aliphatic carboxylic acids is 1. The highest BCUT2D eigenvalue weighted by Gasteiger charge is 2.07. The van der Waals surface area contributed by atoms with Crippen LogP contribution < -0.4 is 5.32 Å². The van der Waals surface area contributed by atoms with Gasteiger partial charge in [-0.05, 0) is 6.07 Å². The zero-order valence-corrected chi connectivity index (χ0v) is 7.93. The van der Waals surface area contributed by atoms with Gasteiger partial charge in [0.05, 0.1) is 6.42 Å². The predicted octanol–water partition coefficient (Wildman–Crippen LogP) is 0.135. The van der Waals surface area contributed by atoms with Crippen molar-refractivity contribution in [1.29, 1.82) is 0 Å². The summed E-state index contributed by atoms with van der Waals surface area (Å²) < 4.78 is 0. The van der Waals surface area contributed by atoms with Crippen molar-refractivity contribution in [3.05, 3.63) is 29.8 Å². The van der Waals surface area contributed by atoms with E-state index in [-0.39, 0.29) is 12.2 Å². The Hall–Kier alpha value is -2.04. The first-order valence-corrected chi connectivity index (χ1v) is 4.35. The van der Waals surface area contributed by atoms with Gasteiger partial charge in [0.2, 0.25) is 5.91 Å². The normalized spacial score (nSPS) is 9.60. The first-order chi connectivity index (χ1) is 7.09. The summed E-state index contributed by atoms with van der Waals surface area (Å²) in [6, 6.07) is 6.42. The van der Waals surface area contributed by atoms with E-state index in [0.717, 1.165) is 0 Å². The smallest absolute Gasteiger partial charge is 0.322 e. The second kappa shape index (κ2) is 4.99. The number of phenolic OH excluding ortho intramolecular Hbond substituents is 1. The number of hydrogen-bond acceptors (Lipinski definition) is 3. The number of phenols is 1. The molecule has 0 heterocycles. The van der Waals surface area contributed by atoms with Crippen molar-refractivity contribution < 1.29 is 19.8 Å². The molecular formula is C10H11NO4. The molecule has 80 valence electrons. The SMILES string of the molecule is O=C(O)CNC(=O)Cc1ccccc1O. The van der Waals surface area contributed by atoms with Crippen LogP contribution >= 0.6 is 0 Å². The summed E-state index contributed by atoms with van der Waals surface area (Å²) in [7, 11) is 0. The first-order valence-electron chi connectivity index (χ1n) is 4.35. The largest absolute Gasteiger partial charge is 0.508 e. The Balaban J connectivity index is 2.52. The maximum absolute atomic E-state index is 11.2. The van der Waals surface area contributed by atoms with E-state index >= 15 is 0 Å². The highest BCUT2D eigenvalue weighted by atomic mass is 16.4. The van der Waals surface area contributed by atoms with Crippen LogP contribution in [0.3, 0.4) is 0 Å². The zero-order valence-electron chi connectivity index (χ0n) is 7.93. The van der Waals surface area contributed by atoms with Gasteiger partial charge in [0.25, 0.3) is 0 Å². The molecule has 1 aromatic rings. The molecule has 0 atom stereocenters. The van der Waals surface area contributed by atoms with Crippen molar-refractivity contribution in [2.75, 3.05) is 6.54 Å². The summed E-state index contributed by atoms with van der Waals surface area (Å²) >= 11 is 0. The minimum Gasteiger partial charge on any atom is -0.508 e. The monoisotopic (exact) mass is 209 g/mol. The molecule has 0 aliphatic rings. The summed E-state index contributed by atoms with van der Waals surface area (Å²) in [5.74, 6) is -1.50. The summed E-state index contributed by atoms with van der Waals surface area (Å²) in [6.45, 7) is -0.410. The summed E-state index contributed by atoms with van der Waals surface area (Å²) in [5, 5.41) is 19.9. The molecule has 0 unspecified atom stereocenters. The molecule has 0 saturated heterocycles. The molecule has 0 aliphatic heterocycles. The minimum absolute atomic E-state index is 0.0278. The molecule has 0 radical (unpaired) electrons. The van der Waals surface area contributed by atoms with E-state index in [1.807, 2.05) is 0 Å². The maximum atomic E-state index is 11.2. The average Bonchev–Trinajstić information content (AvgIpc) is 2.18. The molecular weight excluding hydrogens is 198 g/mol. The first kappa shape index (κ1) is 11.0. The quantitative estimate of drug-likeness (QED) is 0.658. The number of amides is 1. The van der Waals surface area contributed by atoms with Crippen molar-refractivity contribution in [2.24, 2.45) is 0 Å². The van der Waals surface area contributed by atoms with Gasteiger partial charge in [0.1, 0.15) is 12.3 Å². The minimum atomic E-state index is -1.10. The number of aromatic hydroxyl groups is 1. The van der Waals surface area contributed by atoms with Crippen LogP contribution in [0.5, 0.6) is 5.75 Å². The molecule has 15 heavy (non-hydrogen) atoms. The molecule has 0 aromatic heterocycles. The molecule has 0 fully saturated rings. The fraction of sp³-hybridized carbons (Fsp3) is 0.200. The van der Waals surface area contributed by atoms with E-state index in [1.165, 1.54) is 6.07 Å². The fourth-order valence-electron chi connectivity index (χ4n) is 1.07. The van der Waals surface area contributed by atoms with Gasteiger partial charge >= 0.3 is 5.97 Å². The highest BCUT2D eigenvalue weighted by molar-refractivity contribution is 5.83. The van der Waals surface area contributed by atoms with Crippen molar-refractivity contribution in [3.8, 4) is 5.75 Å².